The maximum Gasteiger partial charge on any atom is 0.326 e. The van der Waals surface area contributed by atoms with Crippen LogP contribution in [0.1, 0.15) is 118 Å². The van der Waals surface area contributed by atoms with Gasteiger partial charge in [0.1, 0.15) is 54.4 Å². The van der Waals surface area contributed by atoms with Crippen LogP contribution in [-0.2, 0) is 68.7 Å². The number of carbonyl (C=O) groups is 13. The average molecular weight is 1130 g/mol. The zero-order valence-electron chi connectivity index (χ0n) is 46.5. The largest absolute Gasteiger partial charge is 0.481 e. The summed E-state index contributed by atoms with van der Waals surface area (Å²) < 4.78 is 0. The van der Waals surface area contributed by atoms with Crippen molar-refractivity contribution in [3.05, 3.63) is 35.9 Å². The van der Waals surface area contributed by atoms with Crippen molar-refractivity contribution in [1.29, 1.82) is 0 Å². The van der Waals surface area contributed by atoms with E-state index in [0.29, 0.717) is 24.8 Å². The maximum absolute atomic E-state index is 14.5. The van der Waals surface area contributed by atoms with Crippen LogP contribution in [0.25, 0.3) is 0 Å². The number of primary amides is 2. The van der Waals surface area contributed by atoms with Gasteiger partial charge >= 0.3 is 11.9 Å². The highest BCUT2D eigenvalue weighted by Crippen LogP contribution is 2.22. The van der Waals surface area contributed by atoms with Gasteiger partial charge in [0.05, 0.1) is 18.9 Å². The Hall–Kier alpha value is -7.75. The average Bonchev–Trinajstić information content (AvgIpc) is 3.88. The van der Waals surface area contributed by atoms with Crippen molar-refractivity contribution in [2.45, 2.75) is 180 Å². The molecule has 0 unspecified atom stereocenters. The number of carbonyl (C=O) groups excluding carboxylic acids is 11. The first-order valence-electron chi connectivity index (χ1n) is 26.7. The van der Waals surface area contributed by atoms with E-state index in [9.17, 15) is 72.5 Å². The van der Waals surface area contributed by atoms with Gasteiger partial charge in [-0.1, -0.05) is 71.9 Å². The molecule has 10 atom stereocenters. The molecule has 1 aromatic carbocycles. The summed E-state index contributed by atoms with van der Waals surface area (Å²) in [6, 6.07) is -5.31. The van der Waals surface area contributed by atoms with Gasteiger partial charge in [-0.15, -0.1) is 0 Å². The van der Waals surface area contributed by atoms with Gasteiger partial charge in [-0.3, -0.25) is 57.5 Å². The number of unbranched alkanes of at least 4 members (excludes halogenated alkanes) is 1. The number of benzene rings is 1. The first kappa shape index (κ1) is 68.4. The van der Waals surface area contributed by atoms with Crippen LogP contribution >= 0.6 is 0 Å². The Morgan fingerprint density at radius 2 is 1.11 bits per heavy atom. The predicted molar refractivity (Wildman–Crippen MR) is 288 cm³/mol. The number of hydrogen-bond donors (Lipinski definition) is 14. The second-order valence-electron chi connectivity index (χ2n) is 21.0. The number of aliphatic carboxylic acids is 2. The molecule has 1 heterocycles. The smallest absolute Gasteiger partial charge is 0.326 e. The zero-order chi connectivity index (χ0) is 60.6. The number of likely N-dealkylation sites (tertiary alicyclic amines) is 1. The van der Waals surface area contributed by atoms with E-state index in [2.05, 4.69) is 42.5 Å². The Labute approximate surface area is 464 Å². The first-order chi connectivity index (χ1) is 37.5. The molecule has 0 saturated carbocycles. The number of nitrogens with one attached hydrogen (secondary N) is 8. The molecule has 0 aromatic heterocycles. The lowest BCUT2D eigenvalue weighted by Gasteiger charge is -2.32. The van der Waals surface area contributed by atoms with E-state index in [-0.39, 0.29) is 44.7 Å². The molecule has 0 radical (unpaired) electrons. The molecule has 0 spiro atoms. The summed E-state index contributed by atoms with van der Waals surface area (Å²) in [4.78, 5) is 172. The van der Waals surface area contributed by atoms with Gasteiger partial charge in [-0.2, -0.15) is 0 Å². The number of nitrogens with two attached hydrogens (primary N) is 4. The van der Waals surface area contributed by atoms with Crippen molar-refractivity contribution in [1.82, 2.24) is 47.4 Å². The van der Waals surface area contributed by atoms with Crippen molar-refractivity contribution < 1.29 is 72.5 Å². The highest BCUT2D eigenvalue weighted by atomic mass is 16.4. The summed E-state index contributed by atoms with van der Waals surface area (Å²) >= 11 is 0. The SMILES string of the molecule is CC(C)C[C@H](NC(=O)[C@H](CC(N)=O)NC(=O)[C@@H](N)CC(N)=O)C(=O)N[C@@H](CCCCN)C(=O)N1CCC[C@H]1C(=O)N[C@H](C(=O)N[C@H](C(=O)N[C@@H](C)C(=O)N[C@@H](CCC(=O)O)C(=O)N[C@@H](Cc1ccccc1)C(=O)O)C(C)C)C(C)C. The van der Waals surface area contributed by atoms with Crippen molar-refractivity contribution in [2.24, 2.45) is 40.7 Å². The molecule has 446 valence electrons. The number of nitrogens with zero attached hydrogens (tertiary/aromatic N) is 1. The highest BCUT2D eigenvalue weighted by Gasteiger charge is 2.41. The molecule has 1 aliphatic heterocycles. The minimum absolute atomic E-state index is 0.0194. The summed E-state index contributed by atoms with van der Waals surface area (Å²) in [5.74, 6) is -13.7. The van der Waals surface area contributed by atoms with Crippen LogP contribution in [0.3, 0.4) is 0 Å². The van der Waals surface area contributed by atoms with E-state index < -0.39 is 175 Å². The van der Waals surface area contributed by atoms with Gasteiger partial charge < -0.3 is 80.6 Å². The fourth-order valence-electron chi connectivity index (χ4n) is 8.59. The van der Waals surface area contributed by atoms with Gasteiger partial charge in [0.25, 0.3) is 0 Å². The number of carboxylic acids is 2. The summed E-state index contributed by atoms with van der Waals surface area (Å²) in [6.45, 7) is 11.6. The van der Waals surface area contributed by atoms with E-state index >= 15 is 0 Å². The Bertz CT molecular complexity index is 2350. The number of rotatable bonds is 35. The van der Waals surface area contributed by atoms with E-state index in [1.807, 2.05) is 0 Å². The second kappa shape index (κ2) is 33.6. The molecule has 1 saturated heterocycles. The number of hydrogen-bond acceptors (Lipinski definition) is 15. The molecule has 2 rings (SSSR count). The Kier molecular flexibility index (Phi) is 28.7. The van der Waals surface area contributed by atoms with Gasteiger partial charge in [0, 0.05) is 19.4 Å². The molecule has 0 bridgehead atoms. The van der Waals surface area contributed by atoms with Crippen molar-refractivity contribution in [2.75, 3.05) is 13.1 Å². The van der Waals surface area contributed by atoms with Gasteiger partial charge in [0.2, 0.25) is 65.0 Å². The maximum atomic E-state index is 14.5. The Morgan fingerprint density at radius 3 is 1.66 bits per heavy atom. The molecular weight excluding hydrogens is 1050 g/mol. The van der Waals surface area contributed by atoms with E-state index in [1.165, 1.54) is 11.8 Å². The van der Waals surface area contributed by atoms with E-state index in [1.54, 1.807) is 71.9 Å². The lowest BCUT2D eigenvalue weighted by molar-refractivity contribution is -0.143. The molecule has 28 nitrogen and oxygen atoms in total. The van der Waals surface area contributed by atoms with Crippen molar-refractivity contribution >= 4 is 76.9 Å². The summed E-state index contributed by atoms with van der Waals surface area (Å²) in [5.41, 5.74) is 22.5. The molecular formula is C52H83N13O15. The van der Waals surface area contributed by atoms with Gasteiger partial charge in [-0.05, 0) is 81.7 Å². The lowest BCUT2D eigenvalue weighted by Crippen LogP contribution is -2.61. The van der Waals surface area contributed by atoms with Crippen molar-refractivity contribution in [3.63, 3.8) is 0 Å². The van der Waals surface area contributed by atoms with Crippen LogP contribution in [-0.4, -0.2) is 166 Å². The molecule has 0 aliphatic carbocycles. The molecule has 18 N–H and O–H groups in total. The monoisotopic (exact) mass is 1130 g/mol. The van der Waals surface area contributed by atoms with Crippen molar-refractivity contribution in [3.8, 4) is 0 Å². The summed E-state index contributed by atoms with van der Waals surface area (Å²) in [6.07, 6.45) is -0.981. The van der Waals surface area contributed by atoms with E-state index in [4.69, 9.17) is 22.9 Å². The number of amides is 11. The molecule has 28 heteroatoms. The normalized spacial score (nSPS) is 16.5. The molecule has 1 aliphatic rings. The minimum Gasteiger partial charge on any atom is -0.481 e. The van der Waals surface area contributed by atoms with Crippen LogP contribution in [0.15, 0.2) is 30.3 Å². The molecule has 1 fully saturated rings. The highest BCUT2D eigenvalue weighted by molar-refractivity contribution is 5.99. The zero-order valence-corrected chi connectivity index (χ0v) is 46.5. The topological polar surface area (TPSA) is 466 Å². The quantitative estimate of drug-likeness (QED) is 0.0295. The fraction of sp³-hybridized carbons (Fsp3) is 0.635. The molecule has 80 heavy (non-hydrogen) atoms. The van der Waals surface area contributed by atoms with Crippen LogP contribution in [0, 0.1) is 17.8 Å². The Balaban J connectivity index is 2.28. The predicted octanol–water partition coefficient (Wildman–Crippen LogP) is -3.37. The third kappa shape index (κ3) is 23.3. The van der Waals surface area contributed by atoms with E-state index in [0.717, 1.165) is 0 Å². The van der Waals surface area contributed by atoms with Crippen LogP contribution in [0.5, 0.6) is 0 Å². The number of carboxylic acid groups (broad SMARTS) is 2. The van der Waals surface area contributed by atoms with Gasteiger partial charge in [-0.25, -0.2) is 4.79 Å². The standard InChI is InChI=1S/C52H83N13O15/c1-26(2)22-34(61-47(74)35(25-39(56)67)60-44(71)31(54)24-38(55)66)46(73)59-33(16-11-12-20-53)51(78)65-21-13-17-37(65)48(75)63-42(28(5)6)50(77)64-41(27(3)4)49(76)57-29(7)43(70)58-32(18-19-40(68)69)45(72)62-36(52(79)80)23-30-14-9-8-10-15-30/h8-10,14-15,26-29,31-37,41-42H,11-13,16-25,53-54H2,1-7H3,(H2,55,66)(H2,56,67)(H,57,76)(H,58,70)(H,59,73)(H,60,71)(H,61,74)(H,62,72)(H,63,75)(H,64,77)(H,68,69)(H,79,80)/t29-,31-,32-,33-,34-,35-,36-,37-,41-,42-/m0/s1. The Morgan fingerprint density at radius 1 is 0.588 bits per heavy atom. The minimum atomic E-state index is -1.62. The lowest BCUT2D eigenvalue weighted by atomic mass is 9.99. The molecule has 1 aromatic rings. The van der Waals surface area contributed by atoms with Crippen LogP contribution in [0.4, 0.5) is 0 Å². The van der Waals surface area contributed by atoms with Crippen LogP contribution < -0.4 is 65.5 Å². The fourth-order valence-corrected chi connectivity index (χ4v) is 8.59. The molecule has 11 amide bonds. The second-order valence-corrected chi connectivity index (χ2v) is 21.0. The summed E-state index contributed by atoms with van der Waals surface area (Å²) in [7, 11) is 0. The van der Waals surface area contributed by atoms with Gasteiger partial charge in [0.15, 0.2) is 0 Å². The van der Waals surface area contributed by atoms with Crippen LogP contribution in [0.2, 0.25) is 0 Å². The third-order valence-corrected chi connectivity index (χ3v) is 13.0. The first-order valence-corrected chi connectivity index (χ1v) is 26.7. The third-order valence-electron chi connectivity index (χ3n) is 13.0. The summed E-state index contributed by atoms with van der Waals surface area (Å²) in [5, 5.41) is 39.3.